The summed E-state index contributed by atoms with van der Waals surface area (Å²) in [5.41, 5.74) is 1.10. The molecule has 0 aliphatic heterocycles. The van der Waals surface area contributed by atoms with E-state index >= 15 is 0 Å². The minimum Gasteiger partial charge on any atom is -0.466 e. The highest BCUT2D eigenvalue weighted by Crippen LogP contribution is 2.10. The van der Waals surface area contributed by atoms with Crippen molar-refractivity contribution in [3.8, 4) is 0 Å². The normalized spacial score (nSPS) is 9.67. The first-order valence-corrected chi connectivity index (χ1v) is 5.59. The Balaban J connectivity index is 2.54. The van der Waals surface area contributed by atoms with Gasteiger partial charge in [-0.2, -0.15) is 0 Å². The average Bonchev–Trinajstić information content (AvgIpc) is 2.29. The second-order valence-electron chi connectivity index (χ2n) is 3.66. The predicted molar refractivity (Wildman–Crippen MR) is 66.3 cm³/mol. The van der Waals surface area contributed by atoms with Crippen molar-refractivity contribution in [2.75, 3.05) is 11.9 Å². The van der Waals surface area contributed by atoms with Crippen LogP contribution < -0.4 is 5.32 Å². The van der Waals surface area contributed by atoms with E-state index in [2.05, 4.69) is 10.1 Å². The number of carbonyl (C=O) groups is 3. The topological polar surface area (TPSA) is 72.5 Å². The molecular formula is C13H15NO4. The molecule has 5 nitrogen and oxygen atoms in total. The maximum Gasteiger partial charge on any atom is 0.315 e. The Morgan fingerprint density at radius 1 is 1.17 bits per heavy atom. The van der Waals surface area contributed by atoms with Crippen molar-refractivity contribution < 1.29 is 19.1 Å². The van der Waals surface area contributed by atoms with E-state index in [1.807, 2.05) is 0 Å². The van der Waals surface area contributed by atoms with Gasteiger partial charge in [-0.1, -0.05) is 0 Å². The number of nitrogens with one attached hydrogen (secondary N) is 1. The van der Waals surface area contributed by atoms with Crippen molar-refractivity contribution in [3.05, 3.63) is 29.8 Å². The van der Waals surface area contributed by atoms with Gasteiger partial charge < -0.3 is 10.1 Å². The van der Waals surface area contributed by atoms with Gasteiger partial charge in [0.25, 0.3) is 0 Å². The number of carbonyl (C=O) groups excluding carboxylic acids is 3. The molecule has 0 fully saturated rings. The number of anilines is 1. The smallest absolute Gasteiger partial charge is 0.315 e. The number of rotatable bonds is 5. The summed E-state index contributed by atoms with van der Waals surface area (Å²) in [6.07, 6.45) is -0.317. The molecule has 1 N–H and O–H groups in total. The lowest BCUT2D eigenvalue weighted by molar-refractivity contribution is -0.145. The van der Waals surface area contributed by atoms with E-state index in [-0.39, 0.29) is 18.8 Å². The van der Waals surface area contributed by atoms with Crippen molar-refractivity contribution in [2.24, 2.45) is 0 Å². The molecule has 0 heterocycles. The molecule has 1 amide bonds. The first kappa shape index (κ1) is 13.9. The number of hydrogen-bond acceptors (Lipinski definition) is 4. The van der Waals surface area contributed by atoms with Gasteiger partial charge in [0, 0.05) is 11.3 Å². The van der Waals surface area contributed by atoms with Crippen LogP contribution in [0.3, 0.4) is 0 Å². The summed E-state index contributed by atoms with van der Waals surface area (Å²) in [5, 5.41) is 2.55. The minimum absolute atomic E-state index is 0.0422. The lowest BCUT2D eigenvalue weighted by Crippen LogP contribution is -2.18. The van der Waals surface area contributed by atoms with Crippen molar-refractivity contribution in [1.82, 2.24) is 0 Å². The summed E-state index contributed by atoms with van der Waals surface area (Å²) in [5.74, 6) is -1.04. The number of benzene rings is 1. The molecular weight excluding hydrogens is 234 g/mol. The van der Waals surface area contributed by atoms with Gasteiger partial charge in [0.2, 0.25) is 5.91 Å². The molecule has 1 aromatic rings. The Kier molecular flexibility index (Phi) is 5.05. The molecule has 0 unspecified atom stereocenters. The number of ether oxygens (including phenoxy) is 1. The van der Waals surface area contributed by atoms with E-state index in [1.165, 1.54) is 6.92 Å². The Morgan fingerprint density at radius 2 is 1.78 bits per heavy atom. The van der Waals surface area contributed by atoms with Crippen LogP contribution in [-0.2, 0) is 14.3 Å². The van der Waals surface area contributed by atoms with E-state index < -0.39 is 11.9 Å². The van der Waals surface area contributed by atoms with Crippen LogP contribution in [0.15, 0.2) is 24.3 Å². The largest absolute Gasteiger partial charge is 0.466 e. The van der Waals surface area contributed by atoms with E-state index in [4.69, 9.17) is 0 Å². The number of ketones is 1. The zero-order valence-electron chi connectivity index (χ0n) is 10.4. The van der Waals surface area contributed by atoms with Gasteiger partial charge in [-0.3, -0.25) is 14.4 Å². The summed E-state index contributed by atoms with van der Waals surface area (Å²) in [6.45, 7) is 3.39. The zero-order chi connectivity index (χ0) is 13.5. The second kappa shape index (κ2) is 6.54. The van der Waals surface area contributed by atoms with Gasteiger partial charge in [0.15, 0.2) is 5.78 Å². The molecule has 0 aliphatic rings. The van der Waals surface area contributed by atoms with Gasteiger partial charge >= 0.3 is 5.97 Å². The second-order valence-corrected chi connectivity index (χ2v) is 3.66. The van der Waals surface area contributed by atoms with Crippen molar-refractivity contribution in [1.29, 1.82) is 0 Å². The monoisotopic (exact) mass is 249 g/mol. The summed E-state index contributed by atoms with van der Waals surface area (Å²) in [7, 11) is 0. The molecule has 0 spiro atoms. The summed E-state index contributed by atoms with van der Waals surface area (Å²) >= 11 is 0. The first-order chi connectivity index (χ1) is 8.52. The van der Waals surface area contributed by atoms with E-state index in [9.17, 15) is 14.4 Å². The van der Waals surface area contributed by atoms with Gasteiger partial charge in [-0.15, -0.1) is 0 Å². The van der Waals surface area contributed by atoms with Crippen LogP contribution in [0.5, 0.6) is 0 Å². The highest BCUT2D eigenvalue weighted by atomic mass is 16.5. The van der Waals surface area contributed by atoms with Crippen LogP contribution in [0.4, 0.5) is 5.69 Å². The minimum atomic E-state index is -0.560. The number of esters is 1. The number of amides is 1. The van der Waals surface area contributed by atoms with Crippen LogP contribution in [-0.4, -0.2) is 24.3 Å². The van der Waals surface area contributed by atoms with Crippen LogP contribution in [0.1, 0.15) is 30.6 Å². The third kappa shape index (κ3) is 4.37. The summed E-state index contributed by atoms with van der Waals surface area (Å²) < 4.78 is 4.66. The molecule has 5 heteroatoms. The lowest BCUT2D eigenvalue weighted by Gasteiger charge is -2.05. The Morgan fingerprint density at radius 3 is 2.28 bits per heavy atom. The zero-order valence-corrected chi connectivity index (χ0v) is 10.4. The molecule has 0 saturated carbocycles. The molecule has 0 saturated heterocycles. The fraction of sp³-hybridized carbons (Fsp3) is 0.308. The number of hydrogen-bond donors (Lipinski definition) is 1. The fourth-order valence-electron chi connectivity index (χ4n) is 1.34. The van der Waals surface area contributed by atoms with Crippen LogP contribution in [0.2, 0.25) is 0 Å². The molecule has 0 aromatic heterocycles. The Labute approximate surface area is 105 Å². The Bertz CT molecular complexity index is 451. The molecule has 0 atom stereocenters. The molecule has 96 valence electrons. The van der Waals surface area contributed by atoms with Crippen molar-refractivity contribution in [3.63, 3.8) is 0 Å². The predicted octanol–water partition coefficient (Wildman–Crippen LogP) is 1.78. The summed E-state index contributed by atoms with van der Waals surface area (Å²) in [4.78, 5) is 33.5. The maximum absolute atomic E-state index is 11.4. The van der Waals surface area contributed by atoms with Crippen LogP contribution >= 0.6 is 0 Å². The van der Waals surface area contributed by atoms with Crippen LogP contribution in [0.25, 0.3) is 0 Å². The molecule has 1 aromatic carbocycles. The highest BCUT2D eigenvalue weighted by molar-refractivity contribution is 6.02. The molecule has 0 radical (unpaired) electrons. The van der Waals surface area contributed by atoms with Gasteiger partial charge in [0.1, 0.15) is 6.42 Å². The van der Waals surface area contributed by atoms with E-state index in [0.717, 1.165) is 0 Å². The highest BCUT2D eigenvalue weighted by Gasteiger charge is 2.10. The van der Waals surface area contributed by atoms with Gasteiger partial charge in [-0.05, 0) is 38.1 Å². The molecule has 1 rings (SSSR count). The molecule has 0 aliphatic carbocycles. The van der Waals surface area contributed by atoms with Crippen molar-refractivity contribution in [2.45, 2.75) is 20.3 Å². The van der Waals surface area contributed by atoms with Crippen molar-refractivity contribution >= 4 is 23.3 Å². The third-order valence-corrected chi connectivity index (χ3v) is 2.19. The summed E-state index contributed by atoms with van der Waals surface area (Å²) in [6, 6.07) is 6.45. The first-order valence-electron chi connectivity index (χ1n) is 5.59. The Hall–Kier alpha value is -2.17. The van der Waals surface area contributed by atoms with Gasteiger partial charge in [-0.25, -0.2) is 0 Å². The SMILES string of the molecule is CCOC(=O)CC(=O)Nc1ccc(C(C)=O)cc1. The standard InChI is InChI=1S/C13H15NO4/c1-3-18-13(17)8-12(16)14-11-6-4-10(5-7-11)9(2)15/h4-7H,3,8H2,1-2H3,(H,14,16). The average molecular weight is 249 g/mol. The third-order valence-electron chi connectivity index (χ3n) is 2.19. The van der Waals surface area contributed by atoms with E-state index in [0.29, 0.717) is 11.3 Å². The quantitative estimate of drug-likeness (QED) is 0.490. The molecule has 0 bridgehead atoms. The maximum atomic E-state index is 11.4. The van der Waals surface area contributed by atoms with Crippen LogP contribution in [0, 0.1) is 0 Å². The fourth-order valence-corrected chi connectivity index (χ4v) is 1.34. The lowest BCUT2D eigenvalue weighted by atomic mass is 10.1. The molecule has 18 heavy (non-hydrogen) atoms. The number of Topliss-reactive ketones (excluding diaryl/α,β-unsaturated/α-hetero) is 1. The van der Waals surface area contributed by atoms with Gasteiger partial charge in [0.05, 0.1) is 6.61 Å². The van der Waals surface area contributed by atoms with E-state index in [1.54, 1.807) is 31.2 Å².